The largest absolute Gasteiger partial charge is 0.353 e. The smallest absolute Gasteiger partial charge is 0.224 e. The Morgan fingerprint density at radius 2 is 1.97 bits per heavy atom. The number of nitrogens with zero attached hydrogens (tertiary/aromatic N) is 2. The second-order valence-electron chi connectivity index (χ2n) is 8.81. The van der Waals surface area contributed by atoms with E-state index >= 15 is 0 Å². The highest BCUT2D eigenvalue weighted by Crippen LogP contribution is 2.27. The van der Waals surface area contributed by atoms with Crippen molar-refractivity contribution in [3.05, 3.63) is 40.9 Å². The highest BCUT2D eigenvalue weighted by molar-refractivity contribution is 7.18. The zero-order valence-corrected chi connectivity index (χ0v) is 21.5. The lowest BCUT2D eigenvalue weighted by molar-refractivity contribution is -0.130. The van der Waals surface area contributed by atoms with E-state index < -0.39 is 5.92 Å². The van der Waals surface area contributed by atoms with Crippen molar-refractivity contribution in [2.75, 3.05) is 0 Å². The van der Waals surface area contributed by atoms with Crippen molar-refractivity contribution in [2.24, 2.45) is 11.8 Å². The molecule has 1 aromatic heterocycles. The third-order valence-corrected chi connectivity index (χ3v) is 7.42. The van der Waals surface area contributed by atoms with Gasteiger partial charge in [0.15, 0.2) is 5.78 Å². The molecule has 0 bridgehead atoms. The summed E-state index contributed by atoms with van der Waals surface area (Å²) >= 11 is 1.57. The van der Waals surface area contributed by atoms with Gasteiger partial charge in [0.2, 0.25) is 5.91 Å². The molecular formula is C27H35N3O3S. The van der Waals surface area contributed by atoms with Crippen molar-refractivity contribution in [3.63, 3.8) is 0 Å². The lowest BCUT2D eigenvalue weighted by atomic mass is 9.91. The van der Waals surface area contributed by atoms with Crippen LogP contribution in [0.5, 0.6) is 0 Å². The Bertz CT molecular complexity index is 1080. The third kappa shape index (κ3) is 7.59. The van der Waals surface area contributed by atoms with E-state index in [0.717, 1.165) is 28.1 Å². The summed E-state index contributed by atoms with van der Waals surface area (Å²) in [7, 11) is 0. The summed E-state index contributed by atoms with van der Waals surface area (Å²) in [5, 5.41) is 12.8. The molecular weight excluding hydrogens is 446 g/mol. The maximum atomic E-state index is 13.3. The average Bonchev–Trinajstić information content (AvgIpc) is 3.25. The van der Waals surface area contributed by atoms with Crippen molar-refractivity contribution >= 4 is 39.0 Å². The van der Waals surface area contributed by atoms with Gasteiger partial charge in [-0.15, -0.1) is 11.3 Å². The Morgan fingerprint density at radius 3 is 2.59 bits per heavy atom. The molecule has 0 radical (unpaired) electrons. The minimum atomic E-state index is -0.519. The van der Waals surface area contributed by atoms with Crippen LogP contribution in [0.3, 0.4) is 0 Å². The lowest BCUT2D eigenvalue weighted by Crippen LogP contribution is -2.43. The molecule has 0 saturated heterocycles. The molecule has 0 aliphatic heterocycles. The topological polar surface area (TPSA) is 99.9 Å². The Balaban J connectivity index is 2.19. The van der Waals surface area contributed by atoms with Gasteiger partial charge in [0.1, 0.15) is 11.9 Å². The van der Waals surface area contributed by atoms with Gasteiger partial charge in [-0.05, 0) is 36.5 Å². The second-order valence-corrected chi connectivity index (χ2v) is 9.93. The summed E-state index contributed by atoms with van der Waals surface area (Å²) in [4.78, 5) is 42.4. The fourth-order valence-corrected chi connectivity index (χ4v) is 4.91. The van der Waals surface area contributed by atoms with Gasteiger partial charge in [-0.25, -0.2) is 4.98 Å². The monoisotopic (exact) mass is 481 g/mol. The van der Waals surface area contributed by atoms with Crippen LogP contribution in [0.2, 0.25) is 0 Å². The molecule has 0 spiro atoms. The molecule has 7 heteroatoms. The quantitative estimate of drug-likeness (QED) is 0.290. The Labute approximate surface area is 206 Å². The molecule has 3 atom stereocenters. The Hall–Kier alpha value is -2.85. The predicted octanol–water partition coefficient (Wildman–Crippen LogP) is 5.35. The highest BCUT2D eigenvalue weighted by Gasteiger charge is 2.27. The van der Waals surface area contributed by atoms with Crippen LogP contribution in [0.15, 0.2) is 30.4 Å². The first-order valence-electron chi connectivity index (χ1n) is 12.0. The number of carbonyl (C=O) groups excluding carboxylic acids is 3. The highest BCUT2D eigenvalue weighted by atomic mass is 32.1. The number of aryl methyl sites for hydroxylation is 1. The van der Waals surface area contributed by atoms with Crippen molar-refractivity contribution in [3.8, 4) is 6.07 Å². The van der Waals surface area contributed by atoms with Gasteiger partial charge < -0.3 is 5.32 Å². The number of nitriles is 1. The van der Waals surface area contributed by atoms with Crippen LogP contribution < -0.4 is 5.32 Å². The molecule has 34 heavy (non-hydrogen) atoms. The number of benzene rings is 1. The summed E-state index contributed by atoms with van der Waals surface area (Å²) in [6.07, 6.45) is 3.29. The number of nitrogens with one attached hydrogen (secondary N) is 1. The van der Waals surface area contributed by atoms with Crippen LogP contribution in [0.4, 0.5) is 0 Å². The van der Waals surface area contributed by atoms with Gasteiger partial charge in [-0.3, -0.25) is 14.4 Å². The van der Waals surface area contributed by atoms with Gasteiger partial charge in [0, 0.05) is 31.7 Å². The van der Waals surface area contributed by atoms with Crippen molar-refractivity contribution < 1.29 is 14.4 Å². The summed E-state index contributed by atoms with van der Waals surface area (Å²) < 4.78 is 1.09. The molecule has 0 aliphatic rings. The molecule has 0 unspecified atom stereocenters. The summed E-state index contributed by atoms with van der Waals surface area (Å²) in [6, 6.07) is 7.77. The first kappa shape index (κ1) is 27.4. The molecule has 1 aromatic carbocycles. The number of allylic oxidation sites excluding steroid dienone is 1. The van der Waals surface area contributed by atoms with Gasteiger partial charge >= 0.3 is 0 Å². The van der Waals surface area contributed by atoms with Crippen LogP contribution >= 0.6 is 11.3 Å². The van der Waals surface area contributed by atoms with Crippen LogP contribution in [0.25, 0.3) is 10.2 Å². The van der Waals surface area contributed by atoms with Crippen LogP contribution in [0.1, 0.15) is 70.4 Å². The number of hydrogen-bond acceptors (Lipinski definition) is 6. The zero-order valence-electron chi connectivity index (χ0n) is 20.6. The summed E-state index contributed by atoms with van der Waals surface area (Å²) in [5.41, 5.74) is 2.08. The van der Waals surface area contributed by atoms with Crippen molar-refractivity contribution in [1.82, 2.24) is 10.3 Å². The van der Waals surface area contributed by atoms with Gasteiger partial charge in [0.05, 0.1) is 26.7 Å². The zero-order chi connectivity index (χ0) is 25.3. The maximum Gasteiger partial charge on any atom is 0.224 e. The number of Topliss-reactive ketones (excluding diaryl/α,β-unsaturated/α-hetero) is 2. The SMILES string of the molecule is C=C(C#N)C(=O)CC[C@@H](NC(=O)[C@@H](CC(=O)CC)Cc1nc2ccc(CC)cc2s1)[C@@H](C)CC. The van der Waals surface area contributed by atoms with E-state index in [1.165, 1.54) is 5.56 Å². The van der Waals surface area contributed by atoms with E-state index in [1.807, 2.05) is 19.9 Å². The van der Waals surface area contributed by atoms with Crippen LogP contribution in [0, 0.1) is 23.2 Å². The minimum Gasteiger partial charge on any atom is -0.353 e. The molecule has 0 saturated carbocycles. The molecule has 1 heterocycles. The minimum absolute atomic E-state index is 0.0371. The molecule has 2 rings (SSSR count). The van der Waals surface area contributed by atoms with E-state index in [4.69, 9.17) is 10.2 Å². The van der Waals surface area contributed by atoms with E-state index in [0.29, 0.717) is 19.3 Å². The molecule has 1 amide bonds. The third-order valence-electron chi connectivity index (χ3n) is 6.38. The van der Waals surface area contributed by atoms with Crippen LogP contribution in [-0.2, 0) is 27.2 Å². The average molecular weight is 482 g/mol. The summed E-state index contributed by atoms with van der Waals surface area (Å²) in [6.45, 7) is 11.5. The Kier molecular flexibility index (Phi) is 10.6. The first-order valence-corrected chi connectivity index (χ1v) is 12.9. The Morgan fingerprint density at radius 1 is 1.24 bits per heavy atom. The summed E-state index contributed by atoms with van der Waals surface area (Å²) in [5.74, 6) is -0.828. The van der Waals surface area contributed by atoms with Gasteiger partial charge in [0.25, 0.3) is 0 Å². The second kappa shape index (κ2) is 13.1. The fourth-order valence-electron chi connectivity index (χ4n) is 3.80. The number of hydrogen-bond donors (Lipinski definition) is 1. The number of amides is 1. The number of thiazole rings is 1. The van der Waals surface area contributed by atoms with Gasteiger partial charge in [-0.1, -0.05) is 46.8 Å². The number of fused-ring (bicyclic) bond motifs is 1. The number of carbonyl (C=O) groups is 3. The molecule has 0 aliphatic carbocycles. The predicted molar refractivity (Wildman–Crippen MR) is 136 cm³/mol. The first-order chi connectivity index (χ1) is 16.2. The number of aromatic nitrogens is 1. The number of rotatable bonds is 14. The van der Waals surface area contributed by atoms with E-state index in [9.17, 15) is 14.4 Å². The molecule has 6 nitrogen and oxygen atoms in total. The maximum absolute atomic E-state index is 13.3. The van der Waals surface area contributed by atoms with E-state index in [1.54, 1.807) is 24.3 Å². The molecule has 0 fully saturated rings. The number of ketones is 2. The van der Waals surface area contributed by atoms with E-state index in [2.05, 4.69) is 31.0 Å². The fraction of sp³-hybridized carbons (Fsp3) is 0.519. The molecule has 1 N–H and O–H groups in total. The van der Waals surface area contributed by atoms with E-state index in [-0.39, 0.29) is 47.8 Å². The standard InChI is InChI=1S/C27H35N3O3S/c1-6-17(4)22(11-12-24(32)18(5)16-28)30-27(33)20(14-21(31)8-3)15-26-29-23-10-9-19(7-2)13-25(23)34-26/h9-10,13,17,20,22H,5-8,11-12,14-15H2,1-4H3,(H,30,33)/t17-,20-,22+/m0/s1. The van der Waals surface area contributed by atoms with Gasteiger partial charge in [-0.2, -0.15) is 5.26 Å². The van der Waals surface area contributed by atoms with Crippen molar-refractivity contribution in [2.45, 2.75) is 78.7 Å². The normalized spacial score (nSPS) is 13.6. The lowest BCUT2D eigenvalue weighted by Gasteiger charge is -2.26. The molecule has 2 aromatic rings. The van der Waals surface area contributed by atoms with Crippen LogP contribution in [-0.4, -0.2) is 28.5 Å². The molecule has 182 valence electrons. The van der Waals surface area contributed by atoms with Crippen molar-refractivity contribution in [1.29, 1.82) is 5.26 Å².